The van der Waals surface area contributed by atoms with E-state index in [0.717, 1.165) is 24.4 Å². The van der Waals surface area contributed by atoms with E-state index < -0.39 is 0 Å². The van der Waals surface area contributed by atoms with Crippen LogP contribution in [-0.2, 0) is 0 Å². The molecule has 2 heteroatoms. The first kappa shape index (κ1) is 11.4. The predicted octanol–water partition coefficient (Wildman–Crippen LogP) is 2.09. The third kappa shape index (κ3) is 2.36. The maximum absolute atomic E-state index is 6.11. The normalized spacial score (nSPS) is 48.4. The molecular formula is C13H26N2. The zero-order valence-corrected chi connectivity index (χ0v) is 10.4. The molecule has 2 aliphatic rings. The number of likely N-dealkylation sites (tertiary alicyclic amines) is 1. The number of nitrogens with zero attached hydrogens (tertiary/aromatic N) is 1. The van der Waals surface area contributed by atoms with Gasteiger partial charge in [0.15, 0.2) is 0 Å². The Morgan fingerprint density at radius 3 is 2.33 bits per heavy atom. The maximum atomic E-state index is 6.11. The highest BCUT2D eigenvalue weighted by Gasteiger charge is 2.36. The molecule has 2 nitrogen and oxygen atoms in total. The van der Waals surface area contributed by atoms with Gasteiger partial charge < -0.3 is 5.73 Å². The van der Waals surface area contributed by atoms with Crippen LogP contribution in [0.2, 0.25) is 0 Å². The van der Waals surface area contributed by atoms with E-state index >= 15 is 0 Å². The lowest BCUT2D eigenvalue weighted by molar-refractivity contribution is 0.109. The van der Waals surface area contributed by atoms with Crippen LogP contribution in [0, 0.1) is 17.8 Å². The molecule has 2 N–H and O–H groups in total. The third-order valence-electron chi connectivity index (χ3n) is 4.58. The summed E-state index contributed by atoms with van der Waals surface area (Å²) < 4.78 is 0. The first-order valence-electron chi connectivity index (χ1n) is 6.57. The molecule has 2 rings (SSSR count). The monoisotopic (exact) mass is 210 g/mol. The minimum absolute atomic E-state index is 0.412. The van der Waals surface area contributed by atoms with E-state index in [1.54, 1.807) is 0 Å². The molecule has 1 aliphatic carbocycles. The number of hydrogen-bond donors (Lipinski definition) is 1. The molecule has 5 atom stereocenters. The molecule has 2 fully saturated rings. The lowest BCUT2D eigenvalue weighted by Crippen LogP contribution is -2.43. The molecule has 5 unspecified atom stereocenters. The molecule has 1 aliphatic heterocycles. The van der Waals surface area contributed by atoms with Crippen molar-refractivity contribution in [1.82, 2.24) is 4.90 Å². The van der Waals surface area contributed by atoms with Crippen LogP contribution in [-0.4, -0.2) is 30.1 Å². The largest absolute Gasteiger partial charge is 0.326 e. The Balaban J connectivity index is 1.97. The van der Waals surface area contributed by atoms with Crippen LogP contribution in [0.1, 0.15) is 40.0 Å². The van der Waals surface area contributed by atoms with Gasteiger partial charge in [0.2, 0.25) is 0 Å². The fraction of sp³-hybridized carbons (Fsp3) is 1.00. The molecule has 0 radical (unpaired) electrons. The molecule has 88 valence electrons. The molecule has 0 aromatic rings. The van der Waals surface area contributed by atoms with Crippen molar-refractivity contribution in [3.63, 3.8) is 0 Å². The zero-order chi connectivity index (χ0) is 11.0. The second kappa shape index (κ2) is 4.42. The predicted molar refractivity (Wildman–Crippen MR) is 64.7 cm³/mol. The van der Waals surface area contributed by atoms with Gasteiger partial charge in [-0.3, -0.25) is 4.90 Å². The van der Waals surface area contributed by atoms with E-state index in [4.69, 9.17) is 5.73 Å². The molecule has 0 bridgehead atoms. The summed E-state index contributed by atoms with van der Waals surface area (Å²) >= 11 is 0. The van der Waals surface area contributed by atoms with Crippen molar-refractivity contribution in [2.75, 3.05) is 13.1 Å². The van der Waals surface area contributed by atoms with Gasteiger partial charge in [-0.15, -0.1) is 0 Å². The summed E-state index contributed by atoms with van der Waals surface area (Å²) in [5.74, 6) is 2.48. The van der Waals surface area contributed by atoms with Crippen molar-refractivity contribution in [3.8, 4) is 0 Å². The average Bonchev–Trinajstić information content (AvgIpc) is 2.51. The van der Waals surface area contributed by atoms with E-state index in [0.29, 0.717) is 12.0 Å². The van der Waals surface area contributed by atoms with Gasteiger partial charge in [0.05, 0.1) is 0 Å². The lowest BCUT2D eigenvalue weighted by Gasteiger charge is -2.39. The molecule has 0 aromatic heterocycles. The second-order valence-corrected chi connectivity index (χ2v) is 6.06. The van der Waals surface area contributed by atoms with E-state index in [-0.39, 0.29) is 0 Å². The van der Waals surface area contributed by atoms with E-state index in [2.05, 4.69) is 25.7 Å². The van der Waals surface area contributed by atoms with Gasteiger partial charge in [-0.2, -0.15) is 0 Å². The van der Waals surface area contributed by atoms with E-state index in [9.17, 15) is 0 Å². The molecule has 0 amide bonds. The summed E-state index contributed by atoms with van der Waals surface area (Å²) in [5, 5.41) is 0. The SMILES string of the molecule is CC1CCC(C)C(N2CC(C)C(N)C2)C1. The summed E-state index contributed by atoms with van der Waals surface area (Å²) in [7, 11) is 0. The molecular weight excluding hydrogens is 184 g/mol. The lowest BCUT2D eigenvalue weighted by atomic mass is 9.79. The summed E-state index contributed by atoms with van der Waals surface area (Å²) in [6, 6.07) is 1.22. The number of hydrogen-bond acceptors (Lipinski definition) is 2. The standard InChI is InChI=1S/C13H26N2/c1-9-4-5-10(2)13(6-9)15-7-11(3)12(14)8-15/h9-13H,4-8,14H2,1-3H3. The van der Waals surface area contributed by atoms with Gasteiger partial charge in [0.25, 0.3) is 0 Å². The van der Waals surface area contributed by atoms with Crippen LogP contribution >= 0.6 is 0 Å². The molecule has 1 saturated carbocycles. The first-order valence-corrected chi connectivity index (χ1v) is 6.57. The highest BCUT2D eigenvalue weighted by molar-refractivity contribution is 4.92. The van der Waals surface area contributed by atoms with E-state index in [1.165, 1.54) is 25.8 Å². The zero-order valence-electron chi connectivity index (χ0n) is 10.4. The van der Waals surface area contributed by atoms with Crippen LogP contribution in [0.25, 0.3) is 0 Å². The average molecular weight is 210 g/mol. The van der Waals surface area contributed by atoms with Crippen molar-refractivity contribution in [1.29, 1.82) is 0 Å². The molecule has 1 heterocycles. The Bertz CT molecular complexity index is 207. The van der Waals surface area contributed by atoms with Crippen molar-refractivity contribution in [2.24, 2.45) is 23.5 Å². The van der Waals surface area contributed by atoms with Gasteiger partial charge in [0.1, 0.15) is 0 Å². The quantitative estimate of drug-likeness (QED) is 0.718. The van der Waals surface area contributed by atoms with Gasteiger partial charge in [-0.1, -0.05) is 27.2 Å². The second-order valence-electron chi connectivity index (χ2n) is 6.06. The third-order valence-corrected chi connectivity index (χ3v) is 4.58. The van der Waals surface area contributed by atoms with Crippen molar-refractivity contribution < 1.29 is 0 Å². The number of rotatable bonds is 1. The highest BCUT2D eigenvalue weighted by Crippen LogP contribution is 2.34. The fourth-order valence-corrected chi connectivity index (χ4v) is 3.31. The minimum atomic E-state index is 0.412. The van der Waals surface area contributed by atoms with Gasteiger partial charge in [0, 0.05) is 25.2 Å². The van der Waals surface area contributed by atoms with Crippen molar-refractivity contribution in [3.05, 3.63) is 0 Å². The summed E-state index contributed by atoms with van der Waals surface area (Å²) in [4.78, 5) is 2.66. The van der Waals surface area contributed by atoms with Crippen molar-refractivity contribution in [2.45, 2.75) is 52.1 Å². The van der Waals surface area contributed by atoms with Gasteiger partial charge in [-0.25, -0.2) is 0 Å². The summed E-state index contributed by atoms with van der Waals surface area (Å²) in [5.41, 5.74) is 6.11. The van der Waals surface area contributed by atoms with Crippen LogP contribution in [0.4, 0.5) is 0 Å². The van der Waals surface area contributed by atoms with Gasteiger partial charge >= 0.3 is 0 Å². The Labute approximate surface area is 94.2 Å². The van der Waals surface area contributed by atoms with Crippen molar-refractivity contribution >= 4 is 0 Å². The van der Waals surface area contributed by atoms with E-state index in [1.807, 2.05) is 0 Å². The van der Waals surface area contributed by atoms with Crippen LogP contribution in [0.5, 0.6) is 0 Å². The Morgan fingerprint density at radius 1 is 1.00 bits per heavy atom. The molecule has 0 aromatic carbocycles. The summed E-state index contributed by atoms with van der Waals surface area (Å²) in [6.07, 6.45) is 4.22. The Hall–Kier alpha value is -0.0800. The van der Waals surface area contributed by atoms with Crippen LogP contribution < -0.4 is 5.73 Å². The van der Waals surface area contributed by atoms with Crippen LogP contribution in [0.15, 0.2) is 0 Å². The van der Waals surface area contributed by atoms with Gasteiger partial charge in [-0.05, 0) is 30.6 Å². The first-order chi connectivity index (χ1) is 7.08. The Kier molecular flexibility index (Phi) is 3.36. The highest BCUT2D eigenvalue weighted by atomic mass is 15.2. The maximum Gasteiger partial charge on any atom is 0.0206 e. The molecule has 15 heavy (non-hydrogen) atoms. The summed E-state index contributed by atoms with van der Waals surface area (Å²) in [6.45, 7) is 9.47. The number of nitrogens with two attached hydrogens (primary N) is 1. The molecule has 0 spiro atoms. The van der Waals surface area contributed by atoms with Crippen LogP contribution in [0.3, 0.4) is 0 Å². The topological polar surface area (TPSA) is 29.3 Å². The fourth-order valence-electron chi connectivity index (χ4n) is 3.31. The smallest absolute Gasteiger partial charge is 0.0206 e. The minimum Gasteiger partial charge on any atom is -0.326 e. The Morgan fingerprint density at radius 2 is 1.73 bits per heavy atom. The molecule has 1 saturated heterocycles.